The van der Waals surface area contributed by atoms with Crippen molar-refractivity contribution < 1.29 is 0 Å². The zero-order valence-corrected chi connectivity index (χ0v) is 15.5. The fourth-order valence-electron chi connectivity index (χ4n) is 2.87. The topological polar surface area (TPSA) is 42.9 Å². The van der Waals surface area contributed by atoms with Crippen LogP contribution in [-0.2, 0) is 0 Å². The molecule has 5 nitrogen and oxygen atoms in total. The normalized spacial score (nSPS) is 22.9. The van der Waals surface area contributed by atoms with Gasteiger partial charge in [-0.3, -0.25) is 9.89 Å². The van der Waals surface area contributed by atoms with Crippen LogP contribution in [0.2, 0.25) is 0 Å². The minimum absolute atomic E-state index is 0.469. The van der Waals surface area contributed by atoms with E-state index in [1.165, 1.54) is 19.3 Å². The lowest BCUT2D eigenvalue weighted by Crippen LogP contribution is -2.55. The van der Waals surface area contributed by atoms with Gasteiger partial charge in [-0.05, 0) is 33.4 Å². The van der Waals surface area contributed by atoms with Gasteiger partial charge in [-0.2, -0.15) is 0 Å². The molecule has 0 radical (unpaired) electrons. The number of guanidine groups is 1. The maximum Gasteiger partial charge on any atom is 0.191 e. The largest absolute Gasteiger partial charge is 0.355 e. The van der Waals surface area contributed by atoms with Gasteiger partial charge in [0.05, 0.1) is 0 Å². The molecule has 1 aliphatic rings. The molecule has 0 bridgehead atoms. The summed E-state index contributed by atoms with van der Waals surface area (Å²) in [6, 6.07) is 1.02. The summed E-state index contributed by atoms with van der Waals surface area (Å²) in [5.74, 6) is 1.72. The van der Waals surface area contributed by atoms with Gasteiger partial charge in [0.25, 0.3) is 0 Å². The van der Waals surface area contributed by atoms with Crippen LogP contribution in [0, 0.1) is 5.92 Å². The van der Waals surface area contributed by atoms with E-state index in [4.69, 9.17) is 0 Å². The third kappa shape index (κ3) is 7.45. The first-order chi connectivity index (χ1) is 10.4. The number of rotatable bonds is 7. The average Bonchev–Trinajstić information content (AvgIpc) is 2.46. The van der Waals surface area contributed by atoms with E-state index >= 15 is 0 Å². The first-order valence-corrected chi connectivity index (χ1v) is 8.78. The van der Waals surface area contributed by atoms with E-state index in [1.807, 2.05) is 7.05 Å². The first-order valence-electron chi connectivity index (χ1n) is 8.78. The highest BCUT2D eigenvalue weighted by Gasteiger charge is 2.22. The molecule has 2 atom stereocenters. The van der Waals surface area contributed by atoms with E-state index < -0.39 is 0 Å². The summed E-state index contributed by atoms with van der Waals surface area (Å²) in [5.41, 5.74) is 0. The van der Waals surface area contributed by atoms with Gasteiger partial charge >= 0.3 is 0 Å². The molecule has 5 heteroatoms. The maximum atomic E-state index is 4.36. The van der Waals surface area contributed by atoms with Crippen LogP contribution in [0.4, 0.5) is 0 Å². The van der Waals surface area contributed by atoms with Crippen molar-refractivity contribution in [1.29, 1.82) is 0 Å². The third-order valence-corrected chi connectivity index (χ3v) is 4.51. The molecule has 1 saturated heterocycles. The predicted octanol–water partition coefficient (Wildman–Crippen LogP) is 1.61. The Morgan fingerprint density at radius 3 is 2.55 bits per heavy atom. The molecule has 1 rings (SSSR count). The van der Waals surface area contributed by atoms with Gasteiger partial charge < -0.3 is 15.5 Å². The molecule has 2 unspecified atom stereocenters. The van der Waals surface area contributed by atoms with Crippen molar-refractivity contribution in [1.82, 2.24) is 20.4 Å². The number of nitrogens with one attached hydrogen (secondary N) is 2. The van der Waals surface area contributed by atoms with Crippen molar-refractivity contribution in [2.24, 2.45) is 10.9 Å². The Labute approximate surface area is 137 Å². The smallest absolute Gasteiger partial charge is 0.191 e. The molecule has 0 amide bonds. The number of likely N-dealkylation sites (N-methyl/N-ethyl adjacent to an activating group) is 2. The molecule has 0 aromatic heterocycles. The van der Waals surface area contributed by atoms with Gasteiger partial charge in [0.15, 0.2) is 5.96 Å². The molecule has 0 saturated carbocycles. The molecule has 1 fully saturated rings. The van der Waals surface area contributed by atoms with Crippen LogP contribution in [0.1, 0.15) is 40.0 Å². The van der Waals surface area contributed by atoms with Crippen LogP contribution >= 0.6 is 0 Å². The summed E-state index contributed by atoms with van der Waals surface area (Å²) in [6.45, 7) is 11.2. The molecule has 1 aliphatic heterocycles. The van der Waals surface area contributed by atoms with Crippen molar-refractivity contribution in [3.63, 3.8) is 0 Å². The lowest BCUT2D eigenvalue weighted by molar-refractivity contribution is 0.116. The SMILES string of the molecule is CN=C(NCC1CN(C)CCN1C)NC(C)CCCC(C)C. The van der Waals surface area contributed by atoms with Crippen LogP contribution in [0.15, 0.2) is 4.99 Å². The summed E-state index contributed by atoms with van der Waals surface area (Å²) in [7, 11) is 6.26. The minimum atomic E-state index is 0.469. The highest BCUT2D eigenvalue weighted by Crippen LogP contribution is 2.08. The highest BCUT2D eigenvalue weighted by atomic mass is 15.3. The van der Waals surface area contributed by atoms with Crippen molar-refractivity contribution in [3.05, 3.63) is 0 Å². The molecular weight excluding hydrogens is 274 g/mol. The number of aliphatic imine (C=N–C) groups is 1. The van der Waals surface area contributed by atoms with E-state index in [-0.39, 0.29) is 0 Å². The second-order valence-electron chi connectivity index (χ2n) is 7.22. The summed E-state index contributed by atoms with van der Waals surface area (Å²) in [4.78, 5) is 9.20. The van der Waals surface area contributed by atoms with E-state index in [2.05, 4.69) is 60.3 Å². The first kappa shape index (κ1) is 19.2. The van der Waals surface area contributed by atoms with Gasteiger partial charge in [0, 0.05) is 45.3 Å². The van der Waals surface area contributed by atoms with Gasteiger partial charge in [-0.25, -0.2) is 0 Å². The monoisotopic (exact) mass is 311 g/mol. The molecule has 130 valence electrons. The average molecular weight is 312 g/mol. The zero-order valence-electron chi connectivity index (χ0n) is 15.5. The van der Waals surface area contributed by atoms with Crippen molar-refractivity contribution in [3.8, 4) is 0 Å². The van der Waals surface area contributed by atoms with Crippen LogP contribution in [0.25, 0.3) is 0 Å². The van der Waals surface area contributed by atoms with Gasteiger partial charge in [-0.15, -0.1) is 0 Å². The van der Waals surface area contributed by atoms with Crippen molar-refractivity contribution in [2.45, 2.75) is 52.1 Å². The molecule has 0 aliphatic carbocycles. The second kappa shape index (κ2) is 10.1. The van der Waals surface area contributed by atoms with Gasteiger partial charge in [0.1, 0.15) is 0 Å². The van der Waals surface area contributed by atoms with E-state index in [0.29, 0.717) is 12.1 Å². The van der Waals surface area contributed by atoms with E-state index in [1.54, 1.807) is 0 Å². The standard InChI is InChI=1S/C17H37N5/c1-14(2)8-7-9-15(3)20-17(18-4)19-12-16-13-21(5)10-11-22(16)6/h14-16H,7-13H2,1-6H3,(H2,18,19,20). The van der Waals surface area contributed by atoms with E-state index in [0.717, 1.165) is 38.1 Å². The lowest BCUT2D eigenvalue weighted by atomic mass is 10.0. The summed E-state index contributed by atoms with van der Waals surface area (Å²) in [6.07, 6.45) is 3.78. The highest BCUT2D eigenvalue weighted by molar-refractivity contribution is 5.79. The molecule has 0 aromatic rings. The minimum Gasteiger partial charge on any atom is -0.355 e. The zero-order chi connectivity index (χ0) is 16.5. The van der Waals surface area contributed by atoms with Gasteiger partial charge in [-0.1, -0.05) is 26.7 Å². The lowest BCUT2D eigenvalue weighted by Gasteiger charge is -2.38. The number of hydrogen-bond acceptors (Lipinski definition) is 3. The van der Waals surface area contributed by atoms with Crippen molar-refractivity contribution in [2.75, 3.05) is 47.3 Å². The molecule has 22 heavy (non-hydrogen) atoms. The quantitative estimate of drug-likeness (QED) is 0.554. The molecule has 2 N–H and O–H groups in total. The summed E-state index contributed by atoms with van der Waals surface area (Å²) < 4.78 is 0. The maximum absolute atomic E-state index is 4.36. The van der Waals surface area contributed by atoms with Crippen LogP contribution in [0.3, 0.4) is 0 Å². The molecular formula is C17H37N5. The fraction of sp³-hybridized carbons (Fsp3) is 0.941. The number of nitrogens with zero attached hydrogens (tertiary/aromatic N) is 3. The van der Waals surface area contributed by atoms with E-state index in [9.17, 15) is 0 Å². The Morgan fingerprint density at radius 1 is 1.18 bits per heavy atom. The predicted molar refractivity (Wildman–Crippen MR) is 96.6 cm³/mol. The number of hydrogen-bond donors (Lipinski definition) is 2. The summed E-state index contributed by atoms with van der Waals surface area (Å²) in [5, 5.41) is 7.00. The Kier molecular flexibility index (Phi) is 8.79. The van der Waals surface area contributed by atoms with Crippen molar-refractivity contribution >= 4 is 5.96 Å². The van der Waals surface area contributed by atoms with Crippen LogP contribution in [0.5, 0.6) is 0 Å². The third-order valence-electron chi connectivity index (χ3n) is 4.51. The Hall–Kier alpha value is -0.810. The Balaban J connectivity index is 2.29. The molecule has 0 aromatic carbocycles. The number of piperazine rings is 1. The summed E-state index contributed by atoms with van der Waals surface area (Å²) >= 11 is 0. The Morgan fingerprint density at radius 2 is 1.91 bits per heavy atom. The van der Waals surface area contributed by atoms with Crippen LogP contribution in [-0.4, -0.2) is 75.2 Å². The molecule has 1 heterocycles. The fourth-order valence-corrected chi connectivity index (χ4v) is 2.87. The van der Waals surface area contributed by atoms with Gasteiger partial charge in [0.2, 0.25) is 0 Å². The van der Waals surface area contributed by atoms with Crippen LogP contribution < -0.4 is 10.6 Å². The molecule has 0 spiro atoms. The second-order valence-corrected chi connectivity index (χ2v) is 7.22. The Bertz CT molecular complexity index is 329.